The maximum absolute atomic E-state index is 12.3. The Kier molecular flexibility index (Phi) is 2.91. The van der Waals surface area contributed by atoms with Gasteiger partial charge in [-0.3, -0.25) is 25.0 Å². The third kappa shape index (κ3) is 1.77. The van der Waals surface area contributed by atoms with Crippen molar-refractivity contribution in [3.05, 3.63) is 47.7 Å². The van der Waals surface area contributed by atoms with Crippen molar-refractivity contribution in [3.63, 3.8) is 0 Å². The molecular weight excluding hydrogens is 314 g/mol. The molecule has 1 aromatic rings. The van der Waals surface area contributed by atoms with Gasteiger partial charge in [0.15, 0.2) is 12.5 Å². The highest BCUT2D eigenvalue weighted by atomic mass is 16.5. The molecule has 8 nitrogen and oxygen atoms in total. The lowest BCUT2D eigenvalue weighted by molar-refractivity contribution is -0.162. The number of rotatable bonds is 1. The molecule has 8 heteroatoms. The summed E-state index contributed by atoms with van der Waals surface area (Å²) in [6.07, 6.45) is 4.48. The first-order valence-corrected chi connectivity index (χ1v) is 7.14. The second kappa shape index (κ2) is 4.87. The number of amides is 4. The minimum absolute atomic E-state index is 0.189. The summed E-state index contributed by atoms with van der Waals surface area (Å²) in [4.78, 5) is 49.2. The molecule has 0 bridgehead atoms. The summed E-state index contributed by atoms with van der Waals surface area (Å²) in [7, 11) is 0. The summed E-state index contributed by atoms with van der Waals surface area (Å²) in [5, 5.41) is 3.94. The van der Waals surface area contributed by atoms with E-state index in [2.05, 4.69) is 0 Å². The van der Waals surface area contributed by atoms with Gasteiger partial charge in [-0.25, -0.2) is 4.79 Å². The number of anilines is 1. The van der Waals surface area contributed by atoms with Crippen molar-refractivity contribution >= 4 is 35.9 Å². The maximum atomic E-state index is 12.3. The lowest BCUT2D eigenvalue weighted by Gasteiger charge is -2.44. The Labute approximate surface area is 135 Å². The number of benzene rings is 1. The summed E-state index contributed by atoms with van der Waals surface area (Å²) in [6.45, 7) is 0. The Morgan fingerprint density at radius 2 is 1.83 bits per heavy atom. The molecule has 1 fully saturated rings. The topological polar surface area (TPSA) is 105 Å². The number of fused-ring (bicyclic) bond motifs is 3. The number of urea groups is 1. The molecule has 1 unspecified atom stereocenters. The average Bonchev–Trinajstić information content (AvgIpc) is 2.58. The van der Waals surface area contributed by atoms with E-state index in [1.165, 1.54) is 6.20 Å². The average molecular weight is 325 g/mol. The number of para-hydroxylation sites is 1. The molecule has 3 aliphatic rings. The zero-order valence-corrected chi connectivity index (χ0v) is 12.2. The standard InChI is InChI=1S/C16H11N3O5/c20-8-10-7-19-11-4-2-1-3-9(11)5-6-12(19)24-16(10)13(21)17-15(23)18-14(16)22/h1-8,12H,(H2,17,18,21,22,23). The van der Waals surface area contributed by atoms with Crippen LogP contribution < -0.4 is 15.5 Å². The lowest BCUT2D eigenvalue weighted by Crippen LogP contribution is -2.71. The highest BCUT2D eigenvalue weighted by Gasteiger charge is 2.58. The molecule has 3 aliphatic heterocycles. The molecule has 2 N–H and O–H groups in total. The Balaban J connectivity index is 1.86. The Hall–Kier alpha value is -3.26. The summed E-state index contributed by atoms with van der Waals surface area (Å²) < 4.78 is 5.72. The molecular formula is C16H11N3O5. The fourth-order valence-electron chi connectivity index (χ4n) is 3.01. The van der Waals surface area contributed by atoms with Gasteiger partial charge in [-0.15, -0.1) is 0 Å². The minimum Gasteiger partial charge on any atom is -0.324 e. The third-order valence-electron chi connectivity index (χ3n) is 4.13. The van der Waals surface area contributed by atoms with Gasteiger partial charge in [-0.05, 0) is 17.7 Å². The van der Waals surface area contributed by atoms with Crippen LogP contribution in [0, 0.1) is 0 Å². The van der Waals surface area contributed by atoms with Gasteiger partial charge in [-0.1, -0.05) is 24.3 Å². The van der Waals surface area contributed by atoms with E-state index in [0.29, 0.717) is 6.29 Å². The minimum atomic E-state index is -2.19. The van der Waals surface area contributed by atoms with Gasteiger partial charge in [0, 0.05) is 6.20 Å². The smallest absolute Gasteiger partial charge is 0.324 e. The summed E-state index contributed by atoms with van der Waals surface area (Å²) in [6, 6.07) is 6.47. The largest absolute Gasteiger partial charge is 0.328 e. The van der Waals surface area contributed by atoms with Crippen molar-refractivity contribution in [1.29, 1.82) is 0 Å². The van der Waals surface area contributed by atoms with E-state index in [1.807, 2.05) is 34.9 Å². The van der Waals surface area contributed by atoms with Crippen LogP contribution in [0.2, 0.25) is 0 Å². The molecule has 3 heterocycles. The lowest BCUT2D eigenvalue weighted by atomic mass is 9.89. The van der Waals surface area contributed by atoms with E-state index < -0.39 is 29.7 Å². The number of nitrogens with one attached hydrogen (secondary N) is 2. The predicted octanol–water partition coefficient (Wildman–Crippen LogP) is 0.0637. The fourth-order valence-corrected chi connectivity index (χ4v) is 3.01. The van der Waals surface area contributed by atoms with Gasteiger partial charge in [0.25, 0.3) is 17.4 Å². The first kappa shape index (κ1) is 14.3. The van der Waals surface area contributed by atoms with Crippen LogP contribution in [0.4, 0.5) is 10.5 Å². The molecule has 1 spiro atoms. The van der Waals surface area contributed by atoms with Crippen molar-refractivity contribution in [2.24, 2.45) is 0 Å². The van der Waals surface area contributed by atoms with Crippen molar-refractivity contribution in [2.45, 2.75) is 11.8 Å². The number of hydrogen-bond donors (Lipinski definition) is 2. The second-order valence-electron chi connectivity index (χ2n) is 5.45. The molecule has 0 aliphatic carbocycles. The summed E-state index contributed by atoms with van der Waals surface area (Å²) in [5.74, 6) is -1.97. The van der Waals surface area contributed by atoms with E-state index in [0.717, 1.165) is 11.3 Å². The van der Waals surface area contributed by atoms with Crippen molar-refractivity contribution in [3.8, 4) is 0 Å². The molecule has 0 saturated carbocycles. The van der Waals surface area contributed by atoms with E-state index >= 15 is 0 Å². The number of aldehydes is 1. The number of ether oxygens (including phenoxy) is 1. The van der Waals surface area contributed by atoms with Gasteiger partial charge in [0.2, 0.25) is 0 Å². The van der Waals surface area contributed by atoms with Crippen LogP contribution in [0.5, 0.6) is 0 Å². The molecule has 4 amide bonds. The maximum Gasteiger partial charge on any atom is 0.328 e. The van der Waals surface area contributed by atoms with Crippen LogP contribution in [0.15, 0.2) is 42.1 Å². The number of barbiturate groups is 1. The molecule has 24 heavy (non-hydrogen) atoms. The number of carbonyl (C=O) groups is 4. The summed E-state index contributed by atoms with van der Waals surface area (Å²) >= 11 is 0. The molecule has 1 aromatic carbocycles. The van der Waals surface area contributed by atoms with Gasteiger partial charge in [-0.2, -0.15) is 0 Å². The number of hydrogen-bond acceptors (Lipinski definition) is 6. The monoisotopic (exact) mass is 325 g/mol. The fraction of sp³-hybridized carbons (Fsp3) is 0.125. The Morgan fingerprint density at radius 3 is 2.54 bits per heavy atom. The number of imide groups is 2. The van der Waals surface area contributed by atoms with Gasteiger partial charge >= 0.3 is 6.03 Å². The SMILES string of the molecule is O=CC1=CN2c3ccccc3C=CC2OC12C(=O)NC(=O)NC2=O. The van der Waals surface area contributed by atoms with E-state index in [4.69, 9.17) is 4.74 Å². The van der Waals surface area contributed by atoms with E-state index in [-0.39, 0.29) is 5.57 Å². The van der Waals surface area contributed by atoms with Crippen molar-refractivity contribution < 1.29 is 23.9 Å². The highest BCUT2D eigenvalue weighted by Crippen LogP contribution is 2.38. The van der Waals surface area contributed by atoms with Crippen molar-refractivity contribution in [2.75, 3.05) is 4.90 Å². The number of nitrogens with zero attached hydrogens (tertiary/aromatic N) is 1. The van der Waals surface area contributed by atoms with Crippen LogP contribution in [-0.2, 0) is 19.1 Å². The third-order valence-corrected chi connectivity index (χ3v) is 4.13. The van der Waals surface area contributed by atoms with Gasteiger partial charge < -0.3 is 9.64 Å². The number of carbonyl (C=O) groups excluding carboxylic acids is 4. The Morgan fingerprint density at radius 1 is 1.12 bits per heavy atom. The molecule has 1 saturated heterocycles. The first-order valence-electron chi connectivity index (χ1n) is 7.14. The Bertz CT molecular complexity index is 837. The van der Waals surface area contributed by atoms with Crippen LogP contribution in [0.25, 0.3) is 6.08 Å². The quantitative estimate of drug-likeness (QED) is 0.559. The predicted molar refractivity (Wildman–Crippen MR) is 81.4 cm³/mol. The van der Waals surface area contributed by atoms with Crippen LogP contribution in [-0.4, -0.2) is 36.0 Å². The molecule has 4 rings (SSSR count). The van der Waals surface area contributed by atoms with Crippen LogP contribution in [0.1, 0.15) is 5.56 Å². The zero-order valence-electron chi connectivity index (χ0n) is 12.2. The van der Waals surface area contributed by atoms with E-state index in [1.54, 1.807) is 17.1 Å². The normalized spacial score (nSPS) is 23.8. The summed E-state index contributed by atoms with van der Waals surface area (Å²) in [5.41, 5.74) is -0.700. The molecule has 0 aromatic heterocycles. The zero-order chi connectivity index (χ0) is 16.9. The molecule has 1 atom stereocenters. The first-order chi connectivity index (χ1) is 11.6. The van der Waals surface area contributed by atoms with E-state index in [9.17, 15) is 19.2 Å². The molecule has 120 valence electrons. The highest BCUT2D eigenvalue weighted by molar-refractivity contribution is 6.26. The second-order valence-corrected chi connectivity index (χ2v) is 5.45. The van der Waals surface area contributed by atoms with Crippen LogP contribution in [0.3, 0.4) is 0 Å². The van der Waals surface area contributed by atoms with Crippen LogP contribution >= 0.6 is 0 Å². The molecule has 0 radical (unpaired) electrons. The van der Waals surface area contributed by atoms with Gasteiger partial charge in [0.05, 0.1) is 11.3 Å². The van der Waals surface area contributed by atoms with Crippen molar-refractivity contribution in [1.82, 2.24) is 10.6 Å². The van der Waals surface area contributed by atoms with Gasteiger partial charge in [0.1, 0.15) is 0 Å².